The minimum atomic E-state index is -0.950. The number of carbonyl (C=O) groups excluding carboxylic acids is 1. The number of hydrogen-bond acceptors (Lipinski definition) is 6. The van der Waals surface area contributed by atoms with Gasteiger partial charge in [0.25, 0.3) is 0 Å². The second-order valence-electron chi connectivity index (χ2n) is 4.72. The summed E-state index contributed by atoms with van der Waals surface area (Å²) in [5, 5.41) is 33.4. The fraction of sp³-hybridized carbons (Fsp3) is 0.929. The maximum absolute atomic E-state index is 11.1. The summed E-state index contributed by atoms with van der Waals surface area (Å²) in [6.45, 7) is 3.05. The first-order valence-electron chi connectivity index (χ1n) is 7.21. The summed E-state index contributed by atoms with van der Waals surface area (Å²) in [6.07, 6.45) is 4.33. The molecule has 0 aliphatic rings. The van der Waals surface area contributed by atoms with Crippen LogP contribution in [0.25, 0.3) is 0 Å². The molecule has 20 heavy (non-hydrogen) atoms. The zero-order chi connectivity index (χ0) is 15.8. The van der Waals surface area contributed by atoms with Crippen LogP contribution in [-0.2, 0) is 9.53 Å². The maximum atomic E-state index is 11.1. The Morgan fingerprint density at radius 2 is 1.60 bits per heavy atom. The van der Waals surface area contributed by atoms with E-state index >= 15 is 0 Å². The van der Waals surface area contributed by atoms with E-state index in [1.807, 2.05) is 0 Å². The Labute approximate surface area is 121 Å². The van der Waals surface area contributed by atoms with Gasteiger partial charge in [-0.2, -0.15) is 0 Å². The summed E-state index contributed by atoms with van der Waals surface area (Å²) in [7, 11) is 0. The summed E-state index contributed by atoms with van der Waals surface area (Å²) in [6, 6.07) is 0. The Kier molecular flexibility index (Phi) is 17.7. The van der Waals surface area contributed by atoms with E-state index < -0.39 is 12.2 Å². The normalized spacial score (nSPS) is 13.1. The van der Waals surface area contributed by atoms with Gasteiger partial charge in [-0.15, -0.1) is 0 Å². The van der Waals surface area contributed by atoms with Crippen LogP contribution >= 0.6 is 0 Å². The second-order valence-corrected chi connectivity index (χ2v) is 4.72. The van der Waals surface area contributed by atoms with Crippen LogP contribution in [0, 0.1) is 0 Å². The highest BCUT2D eigenvalue weighted by Crippen LogP contribution is 2.05. The van der Waals surface area contributed by atoms with Crippen molar-refractivity contribution in [3.63, 3.8) is 0 Å². The zero-order valence-electron chi connectivity index (χ0n) is 12.6. The standard InChI is InChI=1S/C11H22O4.C3H8O2/c1-2-3-4-5-6-7-11(14)15-9-10(13)8-12;1-3(5)2-4/h10,12-13H,2-9H2,1H3;3-5H,2H2,1H3. The van der Waals surface area contributed by atoms with Crippen LogP contribution in [0.5, 0.6) is 0 Å². The Morgan fingerprint density at radius 1 is 1.05 bits per heavy atom. The van der Waals surface area contributed by atoms with E-state index in [2.05, 4.69) is 6.92 Å². The third-order valence-electron chi connectivity index (χ3n) is 2.40. The fourth-order valence-electron chi connectivity index (χ4n) is 1.19. The minimum Gasteiger partial charge on any atom is -0.463 e. The Bertz CT molecular complexity index is 208. The van der Waals surface area contributed by atoms with Crippen LogP contribution in [0.1, 0.15) is 52.4 Å². The number of aliphatic hydroxyl groups is 4. The smallest absolute Gasteiger partial charge is 0.305 e. The first kappa shape index (κ1) is 21.6. The van der Waals surface area contributed by atoms with Crippen molar-refractivity contribution in [3.05, 3.63) is 0 Å². The molecule has 6 nitrogen and oxygen atoms in total. The quantitative estimate of drug-likeness (QED) is 0.347. The van der Waals surface area contributed by atoms with Crippen molar-refractivity contribution in [1.82, 2.24) is 0 Å². The molecular weight excluding hydrogens is 264 g/mol. The number of carbonyl (C=O) groups is 1. The van der Waals surface area contributed by atoms with Gasteiger partial charge in [0.2, 0.25) is 0 Å². The molecule has 0 bridgehead atoms. The SMILES string of the molecule is CC(O)CO.CCCCCCCC(=O)OCC(O)CO. The van der Waals surface area contributed by atoms with Gasteiger partial charge in [0.15, 0.2) is 0 Å². The van der Waals surface area contributed by atoms with Gasteiger partial charge in [-0.25, -0.2) is 0 Å². The number of rotatable bonds is 10. The first-order valence-corrected chi connectivity index (χ1v) is 7.21. The summed E-state index contributed by atoms with van der Waals surface area (Å²) < 4.78 is 4.75. The lowest BCUT2D eigenvalue weighted by Crippen LogP contribution is -2.21. The molecule has 0 fully saturated rings. The predicted molar refractivity (Wildman–Crippen MR) is 76.2 cm³/mol. The van der Waals surface area contributed by atoms with Gasteiger partial charge < -0.3 is 25.2 Å². The highest BCUT2D eigenvalue weighted by atomic mass is 16.5. The van der Waals surface area contributed by atoms with Crippen molar-refractivity contribution >= 4 is 5.97 Å². The predicted octanol–water partition coefficient (Wildman–Crippen LogP) is 0.603. The molecule has 0 saturated heterocycles. The maximum Gasteiger partial charge on any atom is 0.305 e. The van der Waals surface area contributed by atoms with Crippen LogP contribution in [0.2, 0.25) is 0 Å². The molecule has 0 saturated carbocycles. The Morgan fingerprint density at radius 3 is 2.05 bits per heavy atom. The Hall–Kier alpha value is -0.690. The van der Waals surface area contributed by atoms with E-state index in [0.717, 1.165) is 19.3 Å². The lowest BCUT2D eigenvalue weighted by Gasteiger charge is -2.08. The number of esters is 1. The van der Waals surface area contributed by atoms with Gasteiger partial charge in [-0.3, -0.25) is 4.79 Å². The van der Waals surface area contributed by atoms with Crippen LogP contribution in [0.4, 0.5) is 0 Å². The molecule has 0 aromatic heterocycles. The third-order valence-corrected chi connectivity index (χ3v) is 2.40. The molecule has 2 unspecified atom stereocenters. The topological polar surface area (TPSA) is 107 Å². The largest absolute Gasteiger partial charge is 0.463 e. The molecule has 0 rings (SSSR count). The van der Waals surface area contributed by atoms with E-state index in [-0.39, 0.29) is 25.8 Å². The summed E-state index contributed by atoms with van der Waals surface area (Å²) >= 11 is 0. The number of aliphatic hydroxyl groups excluding tert-OH is 4. The molecule has 0 aliphatic carbocycles. The molecule has 0 radical (unpaired) electrons. The van der Waals surface area contributed by atoms with Gasteiger partial charge in [0, 0.05) is 6.42 Å². The van der Waals surface area contributed by atoms with E-state index in [0.29, 0.717) is 6.42 Å². The zero-order valence-corrected chi connectivity index (χ0v) is 12.6. The van der Waals surface area contributed by atoms with Gasteiger partial charge in [0.1, 0.15) is 12.7 Å². The molecule has 0 heterocycles. The molecule has 0 spiro atoms. The fourth-order valence-corrected chi connectivity index (χ4v) is 1.19. The van der Waals surface area contributed by atoms with Crippen LogP contribution in [-0.4, -0.2) is 58.4 Å². The molecule has 0 aromatic rings. The van der Waals surface area contributed by atoms with E-state index in [1.54, 1.807) is 0 Å². The average molecular weight is 294 g/mol. The molecule has 6 heteroatoms. The van der Waals surface area contributed by atoms with E-state index in [4.69, 9.17) is 25.2 Å². The van der Waals surface area contributed by atoms with Crippen LogP contribution < -0.4 is 0 Å². The van der Waals surface area contributed by atoms with Crippen LogP contribution in [0.15, 0.2) is 0 Å². The molecule has 2 atom stereocenters. The van der Waals surface area contributed by atoms with E-state index in [9.17, 15) is 4.79 Å². The van der Waals surface area contributed by atoms with Gasteiger partial charge in [0.05, 0.1) is 19.3 Å². The highest BCUT2D eigenvalue weighted by Gasteiger charge is 2.06. The van der Waals surface area contributed by atoms with Gasteiger partial charge >= 0.3 is 5.97 Å². The van der Waals surface area contributed by atoms with E-state index in [1.165, 1.54) is 19.8 Å². The van der Waals surface area contributed by atoms with Crippen molar-refractivity contribution < 1.29 is 30.0 Å². The van der Waals surface area contributed by atoms with Crippen molar-refractivity contribution in [2.45, 2.75) is 64.6 Å². The first-order chi connectivity index (χ1) is 9.47. The van der Waals surface area contributed by atoms with Crippen molar-refractivity contribution in [3.8, 4) is 0 Å². The summed E-state index contributed by atoms with van der Waals surface area (Å²) in [4.78, 5) is 11.1. The van der Waals surface area contributed by atoms with Gasteiger partial charge in [-0.05, 0) is 13.3 Å². The number of ether oxygens (including phenoxy) is 1. The molecule has 0 aromatic carbocycles. The van der Waals surface area contributed by atoms with Crippen molar-refractivity contribution in [2.24, 2.45) is 0 Å². The van der Waals surface area contributed by atoms with Gasteiger partial charge in [-0.1, -0.05) is 32.6 Å². The summed E-state index contributed by atoms with van der Waals surface area (Å²) in [5.41, 5.74) is 0. The molecule has 0 aliphatic heterocycles. The van der Waals surface area contributed by atoms with Crippen molar-refractivity contribution in [2.75, 3.05) is 19.8 Å². The monoisotopic (exact) mass is 294 g/mol. The van der Waals surface area contributed by atoms with Crippen LogP contribution in [0.3, 0.4) is 0 Å². The summed E-state index contributed by atoms with van der Waals surface area (Å²) in [5.74, 6) is -0.293. The highest BCUT2D eigenvalue weighted by molar-refractivity contribution is 5.69. The molecule has 0 amide bonds. The number of hydrogen-bond donors (Lipinski definition) is 4. The third kappa shape index (κ3) is 19.6. The number of unbranched alkanes of at least 4 members (excludes halogenated alkanes) is 4. The lowest BCUT2D eigenvalue weighted by atomic mass is 10.1. The lowest BCUT2D eigenvalue weighted by molar-refractivity contribution is -0.147. The van der Waals surface area contributed by atoms with Crippen molar-refractivity contribution in [1.29, 1.82) is 0 Å². The molecular formula is C14H30O6. The molecule has 122 valence electrons. The average Bonchev–Trinajstić information content (AvgIpc) is 2.45. The Balaban J connectivity index is 0. The second kappa shape index (κ2) is 16.4. The minimum absolute atomic E-state index is 0.107. The molecule has 4 N–H and O–H groups in total.